The van der Waals surface area contributed by atoms with Crippen molar-refractivity contribution in [3.63, 3.8) is 0 Å². The summed E-state index contributed by atoms with van der Waals surface area (Å²) in [5.74, 6) is 2.90. The monoisotopic (exact) mass is 478 g/mol. The number of thiophene rings is 2. The van der Waals surface area contributed by atoms with E-state index < -0.39 is 0 Å². The number of nitrogens with zero attached hydrogens (tertiary/aromatic N) is 3. The Morgan fingerprint density at radius 2 is 1.64 bits per heavy atom. The van der Waals surface area contributed by atoms with E-state index in [2.05, 4.69) is 68.7 Å². The van der Waals surface area contributed by atoms with Crippen molar-refractivity contribution in [1.82, 2.24) is 10.2 Å². The van der Waals surface area contributed by atoms with E-state index in [0.717, 1.165) is 18.7 Å². The Hall–Kier alpha value is -2.18. The van der Waals surface area contributed by atoms with Crippen LogP contribution >= 0.6 is 22.7 Å². The molecular weight excluding hydrogens is 444 g/mol. The van der Waals surface area contributed by atoms with E-state index in [9.17, 15) is 0 Å². The highest BCUT2D eigenvalue weighted by atomic mass is 32.1. The van der Waals surface area contributed by atoms with E-state index in [-0.39, 0.29) is 12.1 Å². The van der Waals surface area contributed by atoms with Gasteiger partial charge in [-0.2, -0.15) is 0 Å². The predicted octanol–water partition coefficient (Wildman–Crippen LogP) is 7.50. The van der Waals surface area contributed by atoms with Crippen molar-refractivity contribution in [3.8, 4) is 0 Å². The second kappa shape index (κ2) is 8.88. The van der Waals surface area contributed by atoms with Crippen LogP contribution in [0.2, 0.25) is 0 Å². The Bertz CT molecular complexity index is 1190. The third-order valence-corrected chi connectivity index (χ3v) is 9.87. The average Bonchev–Trinajstić information content (AvgIpc) is 3.56. The summed E-state index contributed by atoms with van der Waals surface area (Å²) in [5.41, 5.74) is 8.36. The summed E-state index contributed by atoms with van der Waals surface area (Å²) in [6.45, 7) is 13.4. The van der Waals surface area contributed by atoms with Crippen LogP contribution in [0.5, 0.6) is 0 Å². The number of rotatable bonds is 6. The molecule has 6 heteroatoms. The molecule has 0 amide bonds. The average molecular weight is 479 g/mol. The minimum absolute atomic E-state index is 0.0791. The van der Waals surface area contributed by atoms with E-state index in [4.69, 9.17) is 9.98 Å². The Morgan fingerprint density at radius 1 is 0.970 bits per heavy atom. The maximum absolute atomic E-state index is 5.20. The number of amidine groups is 1. The Kier molecular flexibility index (Phi) is 6.08. The van der Waals surface area contributed by atoms with Gasteiger partial charge in [0.25, 0.3) is 0 Å². The summed E-state index contributed by atoms with van der Waals surface area (Å²) in [6.07, 6.45) is 8.58. The first-order valence-corrected chi connectivity index (χ1v) is 13.9. The minimum atomic E-state index is 0.0791. The molecule has 1 fully saturated rings. The highest BCUT2D eigenvalue weighted by molar-refractivity contribution is 7.10. The fourth-order valence-corrected chi connectivity index (χ4v) is 7.22. The molecule has 1 N–H and O–H groups in total. The third-order valence-electron chi connectivity index (χ3n) is 7.36. The maximum Gasteiger partial charge on any atom is 0.114 e. The molecule has 1 aliphatic carbocycles. The molecule has 2 atom stereocenters. The molecule has 0 saturated heterocycles. The van der Waals surface area contributed by atoms with Gasteiger partial charge >= 0.3 is 0 Å². The molecule has 174 valence electrons. The lowest BCUT2D eigenvalue weighted by molar-refractivity contribution is 0.395. The molecule has 2 unspecified atom stereocenters. The topological polar surface area (TPSA) is 40.0 Å². The van der Waals surface area contributed by atoms with Gasteiger partial charge in [-0.25, -0.2) is 4.99 Å². The van der Waals surface area contributed by atoms with Crippen molar-refractivity contribution in [2.75, 3.05) is 0 Å². The van der Waals surface area contributed by atoms with Crippen LogP contribution in [0, 0.1) is 33.6 Å². The van der Waals surface area contributed by atoms with Crippen LogP contribution in [0.3, 0.4) is 0 Å². The molecule has 0 bridgehead atoms. The second-order valence-electron chi connectivity index (χ2n) is 9.48. The third kappa shape index (κ3) is 3.91. The zero-order valence-corrected chi connectivity index (χ0v) is 22.2. The van der Waals surface area contributed by atoms with Gasteiger partial charge in [0.2, 0.25) is 0 Å². The molecule has 0 aromatic carbocycles. The number of aryl methyl sites for hydroxylation is 2. The lowest BCUT2D eigenvalue weighted by atomic mass is 9.94. The van der Waals surface area contributed by atoms with Crippen LogP contribution < -0.4 is 5.32 Å². The van der Waals surface area contributed by atoms with E-state index in [0.29, 0.717) is 5.92 Å². The van der Waals surface area contributed by atoms with Crippen LogP contribution in [0.4, 0.5) is 0 Å². The maximum atomic E-state index is 5.20. The van der Waals surface area contributed by atoms with Crippen molar-refractivity contribution < 1.29 is 0 Å². The van der Waals surface area contributed by atoms with Crippen LogP contribution in [-0.2, 0) is 0 Å². The van der Waals surface area contributed by atoms with Crippen molar-refractivity contribution in [1.29, 1.82) is 0 Å². The normalized spacial score (nSPS) is 23.0. The fourth-order valence-electron chi connectivity index (χ4n) is 4.88. The summed E-state index contributed by atoms with van der Waals surface area (Å²) >= 11 is 3.75. The van der Waals surface area contributed by atoms with E-state index in [1.54, 1.807) is 0 Å². The summed E-state index contributed by atoms with van der Waals surface area (Å²) in [4.78, 5) is 15.2. The summed E-state index contributed by atoms with van der Waals surface area (Å²) in [7, 11) is 0. The van der Waals surface area contributed by atoms with Gasteiger partial charge in [0.1, 0.15) is 17.7 Å². The Morgan fingerprint density at radius 3 is 2.18 bits per heavy atom. The van der Waals surface area contributed by atoms with Crippen molar-refractivity contribution in [2.24, 2.45) is 15.9 Å². The molecule has 33 heavy (non-hydrogen) atoms. The van der Waals surface area contributed by atoms with Gasteiger partial charge < -0.3 is 10.2 Å². The van der Waals surface area contributed by atoms with Gasteiger partial charge in [-0.3, -0.25) is 4.99 Å². The van der Waals surface area contributed by atoms with Gasteiger partial charge in [-0.1, -0.05) is 13.8 Å². The molecule has 2 aromatic rings. The Balaban J connectivity index is 1.65. The van der Waals surface area contributed by atoms with Crippen LogP contribution in [0.15, 0.2) is 43.9 Å². The molecule has 3 aliphatic rings. The van der Waals surface area contributed by atoms with E-state index >= 15 is 0 Å². The first-order valence-electron chi connectivity index (χ1n) is 12.1. The molecule has 1 saturated carbocycles. The van der Waals surface area contributed by atoms with Gasteiger partial charge in [0.05, 0.1) is 12.4 Å². The molecule has 2 aliphatic heterocycles. The molecule has 0 radical (unpaired) electrons. The van der Waals surface area contributed by atoms with Crippen LogP contribution in [0.1, 0.15) is 83.6 Å². The number of hydrogen-bond donors (Lipinski definition) is 1. The number of aliphatic imine (C=N–C) groups is 2. The zero-order valence-electron chi connectivity index (χ0n) is 20.5. The lowest BCUT2D eigenvalue weighted by Crippen LogP contribution is -2.42. The predicted molar refractivity (Wildman–Crippen MR) is 142 cm³/mol. The second-order valence-corrected chi connectivity index (χ2v) is 11.3. The van der Waals surface area contributed by atoms with Gasteiger partial charge in [-0.05, 0) is 91.5 Å². The molecular formula is C27H34N4S2. The van der Waals surface area contributed by atoms with Crippen LogP contribution in [0.25, 0.3) is 0 Å². The van der Waals surface area contributed by atoms with Gasteiger partial charge in [0, 0.05) is 27.9 Å². The van der Waals surface area contributed by atoms with Gasteiger partial charge in [-0.15, -0.1) is 22.7 Å². The number of hydrogen-bond acceptors (Lipinski definition) is 6. The fraction of sp³-hybridized carbons (Fsp3) is 0.481. The van der Waals surface area contributed by atoms with Crippen molar-refractivity contribution in [2.45, 2.75) is 79.3 Å². The van der Waals surface area contributed by atoms with Gasteiger partial charge in [0.15, 0.2) is 0 Å². The molecule has 5 rings (SSSR count). The molecule has 0 spiro atoms. The lowest BCUT2D eigenvalue weighted by Gasteiger charge is -2.39. The quantitative estimate of drug-likeness (QED) is 0.467. The highest BCUT2D eigenvalue weighted by Gasteiger charge is 2.40. The molecule has 2 aromatic heterocycles. The smallest absolute Gasteiger partial charge is 0.114 e. The first kappa shape index (κ1) is 22.6. The largest absolute Gasteiger partial charge is 0.330 e. The van der Waals surface area contributed by atoms with Crippen molar-refractivity contribution >= 4 is 34.8 Å². The highest BCUT2D eigenvalue weighted by Crippen LogP contribution is 2.50. The van der Waals surface area contributed by atoms with E-state index in [1.807, 2.05) is 29.0 Å². The molecule has 4 heterocycles. The zero-order chi connectivity index (χ0) is 23.3. The van der Waals surface area contributed by atoms with Crippen LogP contribution in [-0.4, -0.2) is 17.1 Å². The minimum Gasteiger partial charge on any atom is -0.330 e. The summed E-state index contributed by atoms with van der Waals surface area (Å²) in [5, 5.41) is 8.34. The van der Waals surface area contributed by atoms with Crippen molar-refractivity contribution in [3.05, 3.63) is 65.9 Å². The SMILES string of the molecule is CCC1=NC(c2scc(C)c2C)C(CC)=C(N2C=NC=C(C3CC3)C2c2scc(C)c2C)N1. The summed E-state index contributed by atoms with van der Waals surface area (Å²) in [6, 6.07) is 0.288. The summed E-state index contributed by atoms with van der Waals surface area (Å²) < 4.78 is 0. The molecule has 4 nitrogen and oxygen atoms in total. The standard InChI is InChI=1S/C27H34N4S2/c1-7-20-23(25-17(5)15(3)12-32-25)29-22(8-2)30-27(20)31-14-28-11-21(19-9-10-19)24(31)26-18(6)16(4)13-33-26/h11-14,19,23-24H,7-10H2,1-6H3,(H,29,30). The number of nitrogens with one attached hydrogen (secondary N) is 1. The van der Waals surface area contributed by atoms with E-state index in [1.165, 1.54) is 61.8 Å². The first-order chi connectivity index (χ1) is 15.9. The Labute approximate surface area is 205 Å².